The number of aryl methyl sites for hydroxylation is 1. The van der Waals surface area contributed by atoms with Crippen LogP contribution in [0.3, 0.4) is 0 Å². The molecule has 29 heavy (non-hydrogen) atoms. The van der Waals surface area contributed by atoms with Crippen LogP contribution < -0.4 is 5.32 Å². The second-order valence-electron chi connectivity index (χ2n) is 6.10. The van der Waals surface area contributed by atoms with Crippen LogP contribution in [0.4, 0.5) is 11.5 Å². The van der Waals surface area contributed by atoms with Gasteiger partial charge in [-0.25, -0.2) is 0 Å². The Morgan fingerprint density at radius 1 is 1.03 bits per heavy atom. The predicted octanol–water partition coefficient (Wildman–Crippen LogP) is 3.92. The summed E-state index contributed by atoms with van der Waals surface area (Å²) in [7, 11) is 0. The number of anilines is 1. The average molecular weight is 408 g/mol. The van der Waals surface area contributed by atoms with Crippen molar-refractivity contribution in [3.63, 3.8) is 0 Å². The summed E-state index contributed by atoms with van der Waals surface area (Å²) in [4.78, 5) is 34.7. The summed E-state index contributed by atoms with van der Waals surface area (Å²) in [6.45, 7) is 1.94. The third kappa shape index (κ3) is 5.45. The third-order valence-corrected chi connectivity index (χ3v) is 4.85. The highest BCUT2D eigenvalue weighted by molar-refractivity contribution is 7.99. The van der Waals surface area contributed by atoms with Crippen LogP contribution in [0.15, 0.2) is 65.7 Å². The Labute approximate surface area is 170 Å². The normalized spacial score (nSPS) is 10.4. The summed E-state index contributed by atoms with van der Waals surface area (Å²) in [6.07, 6.45) is 0. The number of nitrogens with zero attached hydrogens (tertiary/aromatic N) is 3. The number of hydrogen-bond acceptors (Lipinski definition) is 7. The number of non-ortho nitro benzene ring substituents is 1. The van der Waals surface area contributed by atoms with Crippen LogP contribution in [0.1, 0.15) is 26.3 Å². The minimum atomic E-state index is -0.543. The molecule has 0 atom stereocenters. The fourth-order valence-corrected chi connectivity index (χ4v) is 3.08. The topological polar surface area (TPSA) is 115 Å². The van der Waals surface area contributed by atoms with Gasteiger partial charge in [0.05, 0.1) is 10.7 Å². The molecule has 2 aromatic carbocycles. The van der Waals surface area contributed by atoms with Crippen molar-refractivity contribution in [3.8, 4) is 0 Å². The molecule has 146 valence electrons. The first-order chi connectivity index (χ1) is 13.9. The van der Waals surface area contributed by atoms with Gasteiger partial charge in [0.1, 0.15) is 5.03 Å². The van der Waals surface area contributed by atoms with Crippen LogP contribution in [0.5, 0.6) is 0 Å². The van der Waals surface area contributed by atoms with Crippen molar-refractivity contribution >= 4 is 35.0 Å². The van der Waals surface area contributed by atoms with E-state index in [9.17, 15) is 19.7 Å². The van der Waals surface area contributed by atoms with E-state index in [1.54, 1.807) is 24.3 Å². The molecule has 0 fully saturated rings. The van der Waals surface area contributed by atoms with Gasteiger partial charge in [0, 0.05) is 23.3 Å². The van der Waals surface area contributed by atoms with E-state index in [2.05, 4.69) is 15.5 Å². The molecule has 0 aliphatic heterocycles. The number of carbonyl (C=O) groups excluding carboxylic acids is 2. The predicted molar refractivity (Wildman–Crippen MR) is 109 cm³/mol. The Morgan fingerprint density at radius 2 is 1.79 bits per heavy atom. The molecule has 0 radical (unpaired) electrons. The number of hydrogen-bond donors (Lipinski definition) is 1. The molecule has 9 heteroatoms. The van der Waals surface area contributed by atoms with Crippen LogP contribution in [0, 0.1) is 17.0 Å². The van der Waals surface area contributed by atoms with Gasteiger partial charge < -0.3 is 5.32 Å². The van der Waals surface area contributed by atoms with Gasteiger partial charge in [0.15, 0.2) is 11.6 Å². The summed E-state index contributed by atoms with van der Waals surface area (Å²) in [6, 6.07) is 16.0. The molecule has 1 amide bonds. The lowest BCUT2D eigenvalue weighted by atomic mass is 10.1. The van der Waals surface area contributed by atoms with Crippen LogP contribution in [0.2, 0.25) is 0 Å². The molecule has 3 aromatic rings. The van der Waals surface area contributed by atoms with Crippen LogP contribution in [-0.2, 0) is 0 Å². The molecule has 3 rings (SSSR count). The Hall–Kier alpha value is -3.59. The van der Waals surface area contributed by atoms with Crippen molar-refractivity contribution in [2.45, 2.75) is 11.9 Å². The zero-order valence-electron chi connectivity index (χ0n) is 15.4. The highest BCUT2D eigenvalue weighted by Gasteiger charge is 2.13. The van der Waals surface area contributed by atoms with Crippen molar-refractivity contribution in [2.75, 3.05) is 11.1 Å². The van der Waals surface area contributed by atoms with E-state index in [-0.39, 0.29) is 28.7 Å². The number of amides is 1. The molecule has 0 aliphatic rings. The first-order valence-corrected chi connectivity index (χ1v) is 9.53. The summed E-state index contributed by atoms with van der Waals surface area (Å²) >= 11 is 1.16. The number of thioether (sulfide) groups is 1. The molecule has 8 nitrogen and oxygen atoms in total. The van der Waals surface area contributed by atoms with Crippen molar-refractivity contribution in [2.24, 2.45) is 0 Å². The van der Waals surface area contributed by atoms with Crippen LogP contribution in [0.25, 0.3) is 0 Å². The van der Waals surface area contributed by atoms with Crippen molar-refractivity contribution in [3.05, 3.63) is 87.5 Å². The molecule has 0 aliphatic carbocycles. The minimum Gasteiger partial charge on any atom is -0.305 e. The average Bonchev–Trinajstić information content (AvgIpc) is 2.73. The fraction of sp³-hybridized carbons (Fsp3) is 0.100. The van der Waals surface area contributed by atoms with E-state index in [1.165, 1.54) is 24.3 Å². The molecule has 1 N–H and O–H groups in total. The number of ketones is 1. The van der Waals surface area contributed by atoms with Gasteiger partial charge in [-0.2, -0.15) is 0 Å². The molecular formula is C20H16N4O4S. The molecular weight excluding hydrogens is 392 g/mol. The zero-order chi connectivity index (χ0) is 20.8. The highest BCUT2D eigenvalue weighted by Crippen LogP contribution is 2.19. The second kappa shape index (κ2) is 9.07. The number of nitro groups is 1. The van der Waals surface area contributed by atoms with Crippen molar-refractivity contribution in [1.29, 1.82) is 0 Å². The lowest BCUT2D eigenvalue weighted by Crippen LogP contribution is -2.13. The second-order valence-corrected chi connectivity index (χ2v) is 7.09. The summed E-state index contributed by atoms with van der Waals surface area (Å²) in [5, 5.41) is 21.9. The van der Waals surface area contributed by atoms with Gasteiger partial charge in [0.25, 0.3) is 11.6 Å². The summed E-state index contributed by atoms with van der Waals surface area (Å²) in [5.74, 6) is -0.187. The minimum absolute atomic E-state index is 0.0604. The number of benzene rings is 2. The number of Topliss-reactive ketones (excluding diaryl/α,β-unsaturated/α-hetero) is 1. The zero-order valence-corrected chi connectivity index (χ0v) is 16.2. The van der Waals surface area contributed by atoms with Gasteiger partial charge in [-0.15, -0.1) is 10.2 Å². The molecule has 0 saturated carbocycles. The first-order valence-electron chi connectivity index (χ1n) is 8.54. The quantitative estimate of drug-likeness (QED) is 0.273. The number of carbonyl (C=O) groups is 2. The van der Waals surface area contributed by atoms with Crippen molar-refractivity contribution in [1.82, 2.24) is 10.2 Å². The Kier molecular flexibility index (Phi) is 6.30. The Morgan fingerprint density at radius 3 is 2.45 bits per heavy atom. The molecule has 1 aromatic heterocycles. The van der Waals surface area contributed by atoms with Gasteiger partial charge >= 0.3 is 0 Å². The lowest BCUT2D eigenvalue weighted by Gasteiger charge is -2.05. The maximum Gasteiger partial charge on any atom is 0.270 e. The first kappa shape index (κ1) is 20.2. The van der Waals surface area contributed by atoms with Gasteiger partial charge in [0.2, 0.25) is 0 Å². The molecule has 0 bridgehead atoms. The number of nitro benzene ring substituents is 1. The van der Waals surface area contributed by atoms with E-state index in [4.69, 9.17) is 0 Å². The molecule has 1 heterocycles. The van der Waals surface area contributed by atoms with Gasteiger partial charge in [-0.3, -0.25) is 19.7 Å². The fourth-order valence-electron chi connectivity index (χ4n) is 2.37. The van der Waals surface area contributed by atoms with Crippen LogP contribution in [-0.4, -0.2) is 32.6 Å². The molecule has 0 spiro atoms. The maximum absolute atomic E-state index is 12.2. The van der Waals surface area contributed by atoms with E-state index >= 15 is 0 Å². The van der Waals surface area contributed by atoms with E-state index < -0.39 is 4.92 Å². The monoisotopic (exact) mass is 408 g/mol. The van der Waals surface area contributed by atoms with Crippen molar-refractivity contribution < 1.29 is 14.5 Å². The Balaban J connectivity index is 1.57. The Bertz CT molecular complexity index is 1050. The van der Waals surface area contributed by atoms with E-state index in [1.807, 2.05) is 19.1 Å². The summed E-state index contributed by atoms with van der Waals surface area (Å²) < 4.78 is 0. The van der Waals surface area contributed by atoms with E-state index in [0.717, 1.165) is 17.3 Å². The smallest absolute Gasteiger partial charge is 0.270 e. The highest BCUT2D eigenvalue weighted by atomic mass is 32.2. The lowest BCUT2D eigenvalue weighted by molar-refractivity contribution is -0.384. The number of rotatable bonds is 7. The molecule has 0 unspecified atom stereocenters. The summed E-state index contributed by atoms with van der Waals surface area (Å²) in [5.41, 5.74) is 1.71. The maximum atomic E-state index is 12.2. The van der Waals surface area contributed by atoms with Crippen LogP contribution >= 0.6 is 11.8 Å². The third-order valence-electron chi connectivity index (χ3n) is 3.93. The molecule has 0 saturated heterocycles. The number of aromatic nitrogens is 2. The SMILES string of the molecule is Cc1ccc(C(=O)Nc2ccc(SCC(=O)c3cccc([N+](=O)[O-])c3)nn2)cc1. The van der Waals surface area contributed by atoms with E-state index in [0.29, 0.717) is 16.4 Å². The van der Waals surface area contributed by atoms with Gasteiger partial charge in [-0.05, 0) is 31.2 Å². The largest absolute Gasteiger partial charge is 0.305 e. The number of nitrogens with one attached hydrogen (secondary N) is 1. The van der Waals surface area contributed by atoms with Gasteiger partial charge in [-0.1, -0.05) is 41.6 Å². The standard InChI is InChI=1S/C20H16N4O4S/c1-13-5-7-14(8-6-13)20(26)21-18-9-10-19(23-22-18)29-12-17(25)15-3-2-4-16(11-15)24(27)28/h2-11H,12H2,1H3,(H,21,22,26).